The first kappa shape index (κ1) is 23.9. The van der Waals surface area contributed by atoms with Crippen molar-refractivity contribution in [3.8, 4) is 5.69 Å². The van der Waals surface area contributed by atoms with Crippen molar-refractivity contribution in [3.63, 3.8) is 0 Å². The fraction of sp³-hybridized carbons (Fsp3) is 0.375. The molecule has 0 bridgehead atoms. The Bertz CT molecular complexity index is 1180. The maximum absolute atomic E-state index is 14.5. The number of carbonyl (C=O) groups is 2. The highest BCUT2D eigenvalue weighted by Gasteiger charge is 2.23. The second kappa shape index (κ2) is 10.8. The van der Waals surface area contributed by atoms with Gasteiger partial charge in [-0.2, -0.15) is 4.68 Å². The fourth-order valence-electron chi connectivity index (χ4n) is 4.09. The third-order valence-corrected chi connectivity index (χ3v) is 7.13. The summed E-state index contributed by atoms with van der Waals surface area (Å²) < 4.78 is 15.9. The Labute approximate surface area is 201 Å². The van der Waals surface area contributed by atoms with E-state index in [2.05, 4.69) is 20.8 Å². The molecule has 1 heterocycles. The Morgan fingerprint density at radius 3 is 2.68 bits per heavy atom. The zero-order valence-corrected chi connectivity index (χ0v) is 20.0. The number of aromatic nitrogens is 4. The number of benzene rings is 2. The molecule has 34 heavy (non-hydrogen) atoms. The number of nitrogens with zero attached hydrogens (tertiary/aromatic N) is 5. The molecule has 2 amide bonds. The quantitative estimate of drug-likeness (QED) is 0.506. The number of hydrogen-bond donors (Lipinski definition) is 1. The molecule has 1 aliphatic rings. The number of rotatable bonds is 7. The standard InChI is InChI=1S/C24H27FN6O2S/c1-16-27-28-29-31(16)18-12-13-20(25)21(14-18)26-24(33)19-10-6-7-11-22(19)34-15-23(32)30(2)17-8-4-3-5-9-17/h6-7,10-14,17H,3-5,8-9,15H2,1-2H3,(H,26,33). The number of halogens is 1. The van der Waals surface area contributed by atoms with E-state index in [4.69, 9.17) is 0 Å². The molecule has 0 unspecified atom stereocenters. The van der Waals surface area contributed by atoms with E-state index >= 15 is 0 Å². The van der Waals surface area contributed by atoms with Crippen molar-refractivity contribution in [2.24, 2.45) is 0 Å². The Balaban J connectivity index is 1.46. The summed E-state index contributed by atoms with van der Waals surface area (Å²) in [6.07, 6.45) is 5.63. The van der Waals surface area contributed by atoms with Gasteiger partial charge in [0.1, 0.15) is 5.82 Å². The first-order chi connectivity index (χ1) is 16.4. The van der Waals surface area contributed by atoms with Crippen LogP contribution in [0.2, 0.25) is 0 Å². The number of nitrogens with one attached hydrogen (secondary N) is 1. The van der Waals surface area contributed by atoms with Gasteiger partial charge in [-0.1, -0.05) is 31.4 Å². The maximum Gasteiger partial charge on any atom is 0.256 e. The molecular formula is C24H27FN6O2S. The van der Waals surface area contributed by atoms with Gasteiger partial charge in [0.15, 0.2) is 5.82 Å². The van der Waals surface area contributed by atoms with E-state index in [-0.39, 0.29) is 17.3 Å². The summed E-state index contributed by atoms with van der Waals surface area (Å²) in [7, 11) is 1.86. The van der Waals surface area contributed by atoms with Gasteiger partial charge < -0.3 is 10.2 Å². The molecule has 0 radical (unpaired) electrons. The molecular weight excluding hydrogens is 455 g/mol. The average molecular weight is 483 g/mol. The topological polar surface area (TPSA) is 93.0 Å². The molecule has 0 spiro atoms. The van der Waals surface area contributed by atoms with Crippen LogP contribution in [0.4, 0.5) is 10.1 Å². The number of tetrazole rings is 1. The number of amides is 2. The molecule has 0 atom stereocenters. The SMILES string of the molecule is Cc1nnnn1-c1ccc(F)c(NC(=O)c2ccccc2SCC(=O)N(C)C2CCCCC2)c1. The molecule has 1 aliphatic carbocycles. The van der Waals surface area contributed by atoms with E-state index in [0.29, 0.717) is 28.0 Å². The summed E-state index contributed by atoms with van der Waals surface area (Å²) in [5.41, 5.74) is 0.924. The normalized spacial score (nSPS) is 14.1. The van der Waals surface area contributed by atoms with Gasteiger partial charge in [-0.05, 0) is 60.5 Å². The summed E-state index contributed by atoms with van der Waals surface area (Å²) in [5.74, 6) is -0.214. The molecule has 0 aliphatic heterocycles. The highest BCUT2D eigenvalue weighted by atomic mass is 32.2. The van der Waals surface area contributed by atoms with Gasteiger partial charge in [-0.15, -0.1) is 16.9 Å². The average Bonchev–Trinajstić information content (AvgIpc) is 3.29. The number of carbonyl (C=O) groups excluding carboxylic acids is 2. The summed E-state index contributed by atoms with van der Waals surface area (Å²) in [5, 5.41) is 13.9. The highest BCUT2D eigenvalue weighted by molar-refractivity contribution is 8.00. The van der Waals surface area contributed by atoms with E-state index in [0.717, 1.165) is 25.7 Å². The van der Waals surface area contributed by atoms with Gasteiger partial charge >= 0.3 is 0 Å². The van der Waals surface area contributed by atoms with Gasteiger partial charge in [-0.3, -0.25) is 9.59 Å². The Morgan fingerprint density at radius 2 is 1.94 bits per heavy atom. The Hall–Kier alpha value is -3.27. The monoisotopic (exact) mass is 482 g/mol. The van der Waals surface area contributed by atoms with Gasteiger partial charge in [0, 0.05) is 18.0 Å². The summed E-state index contributed by atoms with van der Waals surface area (Å²) >= 11 is 1.32. The van der Waals surface area contributed by atoms with Crippen LogP contribution in [0.5, 0.6) is 0 Å². The van der Waals surface area contributed by atoms with Gasteiger partial charge in [0.25, 0.3) is 5.91 Å². The number of hydrogen-bond acceptors (Lipinski definition) is 6. The van der Waals surface area contributed by atoms with Crippen molar-refractivity contribution >= 4 is 29.3 Å². The molecule has 0 saturated heterocycles. The molecule has 1 saturated carbocycles. The number of aryl methyl sites for hydroxylation is 1. The molecule has 178 valence electrons. The Morgan fingerprint density at radius 1 is 1.18 bits per heavy atom. The van der Waals surface area contributed by atoms with E-state index in [1.165, 1.54) is 41.1 Å². The van der Waals surface area contributed by atoms with E-state index < -0.39 is 11.7 Å². The molecule has 3 aromatic rings. The van der Waals surface area contributed by atoms with Gasteiger partial charge in [0.05, 0.1) is 22.7 Å². The molecule has 1 N–H and O–H groups in total. The lowest BCUT2D eigenvalue weighted by Gasteiger charge is -2.31. The minimum atomic E-state index is -0.572. The van der Waals surface area contributed by atoms with E-state index in [9.17, 15) is 14.0 Å². The van der Waals surface area contributed by atoms with Crippen LogP contribution in [-0.2, 0) is 4.79 Å². The second-order valence-electron chi connectivity index (χ2n) is 8.34. The molecule has 4 rings (SSSR count). The van der Waals surface area contributed by atoms with Crippen molar-refractivity contribution in [1.29, 1.82) is 0 Å². The van der Waals surface area contributed by atoms with Crippen LogP contribution in [0.1, 0.15) is 48.3 Å². The fourth-order valence-corrected chi connectivity index (χ4v) is 5.07. The highest BCUT2D eigenvalue weighted by Crippen LogP contribution is 2.27. The summed E-state index contributed by atoms with van der Waals surface area (Å²) in [6, 6.07) is 11.6. The van der Waals surface area contributed by atoms with Crippen LogP contribution in [0.15, 0.2) is 47.4 Å². The van der Waals surface area contributed by atoms with E-state index in [1.54, 1.807) is 25.1 Å². The first-order valence-corrected chi connectivity index (χ1v) is 12.3. The van der Waals surface area contributed by atoms with Crippen molar-refractivity contribution in [3.05, 3.63) is 59.7 Å². The number of anilines is 1. The lowest BCUT2D eigenvalue weighted by molar-refractivity contribution is -0.129. The maximum atomic E-state index is 14.5. The lowest BCUT2D eigenvalue weighted by atomic mass is 9.94. The molecule has 2 aromatic carbocycles. The van der Waals surface area contributed by atoms with Crippen molar-refractivity contribution in [2.75, 3.05) is 18.1 Å². The van der Waals surface area contributed by atoms with Crippen LogP contribution >= 0.6 is 11.8 Å². The van der Waals surface area contributed by atoms with Crippen molar-refractivity contribution in [1.82, 2.24) is 25.1 Å². The molecule has 10 heteroatoms. The smallest absolute Gasteiger partial charge is 0.256 e. The summed E-state index contributed by atoms with van der Waals surface area (Å²) in [4.78, 5) is 28.3. The van der Waals surface area contributed by atoms with Gasteiger partial charge in [0.2, 0.25) is 5.91 Å². The zero-order valence-electron chi connectivity index (χ0n) is 19.2. The predicted molar refractivity (Wildman–Crippen MR) is 129 cm³/mol. The van der Waals surface area contributed by atoms with Crippen LogP contribution < -0.4 is 5.32 Å². The molecule has 8 nitrogen and oxygen atoms in total. The minimum absolute atomic E-state index is 0.0188. The van der Waals surface area contributed by atoms with Crippen molar-refractivity contribution in [2.45, 2.75) is 50.0 Å². The largest absolute Gasteiger partial charge is 0.342 e. The molecule has 1 aromatic heterocycles. The molecule has 1 fully saturated rings. The third kappa shape index (κ3) is 5.44. The second-order valence-corrected chi connectivity index (χ2v) is 9.35. The van der Waals surface area contributed by atoms with Crippen LogP contribution in [0, 0.1) is 12.7 Å². The van der Waals surface area contributed by atoms with Crippen LogP contribution in [-0.4, -0.2) is 55.8 Å². The predicted octanol–water partition coefficient (Wildman–Crippen LogP) is 4.25. The minimum Gasteiger partial charge on any atom is -0.342 e. The first-order valence-electron chi connectivity index (χ1n) is 11.3. The van der Waals surface area contributed by atoms with Crippen LogP contribution in [0.3, 0.4) is 0 Å². The lowest BCUT2D eigenvalue weighted by Crippen LogP contribution is -2.39. The van der Waals surface area contributed by atoms with Crippen molar-refractivity contribution < 1.29 is 14.0 Å². The van der Waals surface area contributed by atoms with Gasteiger partial charge in [-0.25, -0.2) is 4.39 Å². The van der Waals surface area contributed by atoms with Crippen LogP contribution in [0.25, 0.3) is 5.69 Å². The third-order valence-electron chi connectivity index (χ3n) is 6.07. The Kier molecular flexibility index (Phi) is 7.56. The number of thioether (sulfide) groups is 1. The summed E-state index contributed by atoms with van der Waals surface area (Å²) in [6.45, 7) is 1.72. The zero-order chi connectivity index (χ0) is 24.1. The van der Waals surface area contributed by atoms with E-state index in [1.807, 2.05) is 18.0 Å².